The molecule has 17 heteroatoms. The summed E-state index contributed by atoms with van der Waals surface area (Å²) in [6.45, 7) is 4.64. The van der Waals surface area contributed by atoms with Crippen molar-refractivity contribution in [2.24, 2.45) is 28.8 Å². The van der Waals surface area contributed by atoms with Gasteiger partial charge in [0.2, 0.25) is 17.9 Å². The number of esters is 4. The van der Waals surface area contributed by atoms with E-state index >= 15 is 0 Å². The molecule has 0 spiro atoms. The van der Waals surface area contributed by atoms with E-state index in [1.807, 2.05) is 0 Å². The number of oxime groups is 1. The average molecular weight is 683 g/mol. The summed E-state index contributed by atoms with van der Waals surface area (Å²) >= 11 is 0. The van der Waals surface area contributed by atoms with E-state index in [1.54, 1.807) is 0 Å². The van der Waals surface area contributed by atoms with Crippen LogP contribution in [0.1, 0.15) is 59.8 Å². The molecule has 0 bridgehead atoms. The Hall–Kier alpha value is -3.67. The lowest BCUT2D eigenvalue weighted by molar-refractivity contribution is -0.308. The number of hydrogen-bond donors (Lipinski definition) is 2. The molecule has 0 aromatic heterocycles. The topological polar surface area (TPSA) is 223 Å². The van der Waals surface area contributed by atoms with E-state index in [0.29, 0.717) is 19.4 Å². The molecule has 0 aromatic carbocycles. The molecule has 3 heterocycles. The molecule has 48 heavy (non-hydrogen) atoms. The molecule has 0 aromatic rings. The number of likely N-dealkylation sites (tertiary alicyclic amines) is 1. The summed E-state index contributed by atoms with van der Waals surface area (Å²) in [7, 11) is 0. The van der Waals surface area contributed by atoms with Gasteiger partial charge in [0.05, 0.1) is 42.4 Å². The van der Waals surface area contributed by atoms with Gasteiger partial charge < -0.3 is 43.5 Å². The third-order valence-corrected chi connectivity index (χ3v) is 9.50. The molecule has 3 saturated heterocycles. The van der Waals surface area contributed by atoms with Crippen LogP contribution in [0.3, 0.4) is 0 Å². The van der Waals surface area contributed by atoms with E-state index in [4.69, 9.17) is 33.3 Å². The highest BCUT2D eigenvalue weighted by Gasteiger charge is 2.60. The van der Waals surface area contributed by atoms with Crippen LogP contribution in [0.5, 0.6) is 0 Å². The molecule has 17 nitrogen and oxygen atoms in total. The average Bonchev–Trinajstić information content (AvgIpc) is 3.61. The first-order valence-corrected chi connectivity index (χ1v) is 16.1. The molecule has 5 rings (SSSR count). The minimum Gasteiger partial charge on any atom is -0.463 e. The van der Waals surface area contributed by atoms with E-state index in [2.05, 4.69) is 5.16 Å². The monoisotopic (exact) mass is 682 g/mol. The van der Waals surface area contributed by atoms with Crippen molar-refractivity contribution in [1.29, 1.82) is 0 Å². The maximum Gasteiger partial charge on any atom is 0.303 e. The van der Waals surface area contributed by atoms with Crippen molar-refractivity contribution in [3.05, 3.63) is 0 Å². The highest BCUT2D eigenvalue weighted by molar-refractivity contribution is 6.06. The largest absolute Gasteiger partial charge is 0.463 e. The maximum absolute atomic E-state index is 13.7. The van der Waals surface area contributed by atoms with Crippen molar-refractivity contribution in [3.63, 3.8) is 0 Å². The number of aliphatic hydroxyl groups is 2. The Morgan fingerprint density at radius 3 is 2.12 bits per heavy atom. The molecule has 2 aliphatic carbocycles. The van der Waals surface area contributed by atoms with Crippen molar-refractivity contribution in [3.8, 4) is 0 Å². The lowest BCUT2D eigenvalue weighted by Crippen LogP contribution is -2.62. The summed E-state index contributed by atoms with van der Waals surface area (Å²) in [4.78, 5) is 82.0. The van der Waals surface area contributed by atoms with Gasteiger partial charge in [-0.05, 0) is 25.7 Å². The van der Waals surface area contributed by atoms with Gasteiger partial charge in [0.1, 0.15) is 12.7 Å². The Bertz CT molecular complexity index is 1310. The molecule has 266 valence electrons. The summed E-state index contributed by atoms with van der Waals surface area (Å²) in [5, 5.41) is 26.3. The molecular weight excluding hydrogens is 640 g/mol. The maximum atomic E-state index is 13.7. The number of fused-ring (bicyclic) bond motifs is 3. The normalized spacial score (nSPS) is 38.5. The van der Waals surface area contributed by atoms with Crippen molar-refractivity contribution < 1.29 is 72.2 Å². The minimum atomic E-state index is -1.60. The summed E-state index contributed by atoms with van der Waals surface area (Å²) in [5.74, 6) is -6.85. The second kappa shape index (κ2) is 14.8. The molecule has 5 aliphatic rings. The standard InChI is InChI=1S/C31H42N2O15/c1-13(34)43-12-22-26(44-14(2)35)27(45-15(3)36)28(46-16(4)37)31(47-22)48-32-20-10-21(38)25(39)23-18(20)7-8-19-24(23)30(41)33(29(19)40)11-17-6-5-9-42-17/h17-19,21-28,31,38-39H,5-12H2,1-4H3/b32-20+/t17-,18+,19+,21+,22+,23-,24+,25+,26?,27-,28?,31-/m0/s1. The first kappa shape index (κ1) is 35.6. The smallest absolute Gasteiger partial charge is 0.303 e. The predicted octanol–water partition coefficient (Wildman–Crippen LogP) is -0.626. The van der Waals surface area contributed by atoms with Crippen LogP contribution in [0.4, 0.5) is 0 Å². The molecular formula is C31H42N2O15. The van der Waals surface area contributed by atoms with Crippen LogP contribution in [0.25, 0.3) is 0 Å². The van der Waals surface area contributed by atoms with Crippen LogP contribution < -0.4 is 0 Å². The number of carbonyl (C=O) groups excluding carboxylic acids is 6. The van der Waals surface area contributed by atoms with Crippen molar-refractivity contribution in [1.82, 2.24) is 4.90 Å². The van der Waals surface area contributed by atoms with E-state index in [0.717, 1.165) is 40.5 Å². The first-order valence-electron chi connectivity index (χ1n) is 16.1. The second-order valence-corrected chi connectivity index (χ2v) is 12.8. The Labute approximate surface area is 276 Å². The molecule has 2 unspecified atom stereocenters. The van der Waals surface area contributed by atoms with E-state index in [1.165, 1.54) is 4.90 Å². The van der Waals surface area contributed by atoms with Crippen molar-refractivity contribution in [2.45, 2.75) is 109 Å². The number of aliphatic hydroxyl groups excluding tert-OH is 2. The molecule has 2 saturated carbocycles. The highest BCUT2D eigenvalue weighted by atomic mass is 16.8. The Morgan fingerprint density at radius 2 is 1.50 bits per heavy atom. The van der Waals surface area contributed by atoms with Gasteiger partial charge in [-0.15, -0.1) is 0 Å². The summed E-state index contributed by atoms with van der Waals surface area (Å²) in [6.07, 6.45) is -8.09. The van der Waals surface area contributed by atoms with Crippen molar-refractivity contribution in [2.75, 3.05) is 19.8 Å². The highest BCUT2D eigenvalue weighted by Crippen LogP contribution is 2.50. The number of imide groups is 1. The number of ether oxygens (including phenoxy) is 6. The summed E-state index contributed by atoms with van der Waals surface area (Å²) in [5.41, 5.74) is 0.266. The SMILES string of the molecule is CC(=O)OC[C@H]1O[C@@H](O/N=C2\C[C@@H](O)[C@@H](O)[C@@H]3[C@@H]4C(=O)N(C[C@@H]5CCCO5)C(=O)[C@@H]4CC[C@H]23)C(OC(C)=O)[C@@H](OC(C)=O)C1OC(C)=O. The van der Waals surface area contributed by atoms with Crippen LogP contribution in [0.2, 0.25) is 0 Å². The number of hydrogen-bond acceptors (Lipinski definition) is 16. The Kier molecular flexibility index (Phi) is 11.0. The van der Waals surface area contributed by atoms with Crippen LogP contribution in [0.15, 0.2) is 5.16 Å². The fourth-order valence-corrected chi connectivity index (χ4v) is 7.60. The zero-order chi connectivity index (χ0) is 34.9. The minimum absolute atomic E-state index is 0.133. The van der Waals surface area contributed by atoms with E-state index < -0.39 is 103 Å². The second-order valence-electron chi connectivity index (χ2n) is 12.8. The number of amides is 2. The summed E-state index contributed by atoms with van der Waals surface area (Å²) in [6, 6.07) is 0. The Morgan fingerprint density at radius 1 is 0.854 bits per heavy atom. The third kappa shape index (κ3) is 7.48. The lowest BCUT2D eigenvalue weighted by Gasteiger charge is -2.46. The number of carbonyl (C=O) groups is 6. The molecule has 0 radical (unpaired) electrons. The quantitative estimate of drug-likeness (QED) is 0.134. The van der Waals surface area contributed by atoms with Crippen LogP contribution in [0, 0.1) is 23.7 Å². The number of nitrogens with zero attached hydrogens (tertiary/aromatic N) is 2. The van der Waals surface area contributed by atoms with Gasteiger partial charge in [0, 0.05) is 52.6 Å². The van der Waals surface area contributed by atoms with Crippen LogP contribution >= 0.6 is 0 Å². The molecule has 2 amide bonds. The van der Waals surface area contributed by atoms with Gasteiger partial charge in [0.25, 0.3) is 6.29 Å². The first-order chi connectivity index (χ1) is 22.8. The lowest BCUT2D eigenvalue weighted by atomic mass is 9.60. The molecule has 5 fully saturated rings. The zero-order valence-electron chi connectivity index (χ0n) is 27.2. The summed E-state index contributed by atoms with van der Waals surface area (Å²) < 4.78 is 32.9. The third-order valence-electron chi connectivity index (χ3n) is 9.50. The molecule has 2 N–H and O–H groups in total. The van der Waals surface area contributed by atoms with Crippen LogP contribution in [-0.4, -0.2) is 125 Å². The van der Waals surface area contributed by atoms with Gasteiger partial charge in [-0.25, -0.2) is 0 Å². The van der Waals surface area contributed by atoms with Gasteiger partial charge in [0.15, 0.2) is 12.2 Å². The van der Waals surface area contributed by atoms with Gasteiger partial charge >= 0.3 is 23.9 Å². The van der Waals surface area contributed by atoms with Gasteiger partial charge in [-0.3, -0.25) is 33.7 Å². The fourth-order valence-electron chi connectivity index (χ4n) is 7.60. The molecule has 3 aliphatic heterocycles. The van der Waals surface area contributed by atoms with E-state index in [9.17, 15) is 39.0 Å². The van der Waals surface area contributed by atoms with Gasteiger partial charge in [-0.1, -0.05) is 5.16 Å². The predicted molar refractivity (Wildman–Crippen MR) is 156 cm³/mol. The molecule has 12 atom stereocenters. The zero-order valence-corrected chi connectivity index (χ0v) is 27.2. The fraction of sp³-hybridized carbons (Fsp3) is 0.774. The van der Waals surface area contributed by atoms with Crippen LogP contribution in [-0.2, 0) is 62.0 Å². The Balaban J connectivity index is 1.42. The van der Waals surface area contributed by atoms with Crippen molar-refractivity contribution >= 4 is 41.4 Å². The van der Waals surface area contributed by atoms with Gasteiger partial charge in [-0.2, -0.15) is 0 Å². The number of rotatable bonds is 9. The van der Waals surface area contributed by atoms with E-state index in [-0.39, 0.29) is 30.7 Å².